The third-order valence-corrected chi connectivity index (χ3v) is 10.1. The molecule has 0 spiro atoms. The smallest absolute Gasteiger partial charge is 0.289 e. The van der Waals surface area contributed by atoms with Crippen molar-refractivity contribution in [2.75, 3.05) is 6.54 Å². The summed E-state index contributed by atoms with van der Waals surface area (Å²) in [5.74, 6) is -3.05. The van der Waals surface area contributed by atoms with Crippen LogP contribution in [0.1, 0.15) is 108 Å². The summed E-state index contributed by atoms with van der Waals surface area (Å²) < 4.78 is 5.07. The predicted octanol–water partition coefficient (Wildman–Crippen LogP) is 2.61. The first kappa shape index (κ1) is 33.7. The van der Waals surface area contributed by atoms with Crippen molar-refractivity contribution in [1.29, 1.82) is 0 Å². The number of fused-ring (bicyclic) bond motifs is 1. The molecule has 3 aliphatic carbocycles. The topological polar surface area (TPSA) is 167 Å². The van der Waals surface area contributed by atoms with Gasteiger partial charge in [-0.3, -0.25) is 28.8 Å². The molecule has 12 heteroatoms. The zero-order chi connectivity index (χ0) is 33.0. The number of likely N-dealkylation sites (tertiary alicyclic amines) is 1. The van der Waals surface area contributed by atoms with Gasteiger partial charge in [-0.15, -0.1) is 0 Å². The van der Waals surface area contributed by atoms with E-state index in [4.69, 9.17) is 4.42 Å². The summed E-state index contributed by atoms with van der Waals surface area (Å²) in [7, 11) is 0. The monoisotopic (exact) mass is 639 g/mol. The van der Waals surface area contributed by atoms with Gasteiger partial charge < -0.3 is 30.6 Å². The van der Waals surface area contributed by atoms with Gasteiger partial charge in [0.1, 0.15) is 24.4 Å². The van der Waals surface area contributed by atoms with Crippen LogP contribution in [0.5, 0.6) is 0 Å². The number of carbonyl (C=O) groups excluding carboxylic acids is 6. The molecule has 4 fully saturated rings. The van der Waals surface area contributed by atoms with Gasteiger partial charge in [0.05, 0.1) is 18.4 Å². The fraction of sp³-hybridized carbons (Fsp3) is 0.706. The van der Waals surface area contributed by atoms with Crippen LogP contribution in [-0.2, 0) is 24.0 Å². The van der Waals surface area contributed by atoms with E-state index >= 15 is 0 Å². The summed E-state index contributed by atoms with van der Waals surface area (Å²) >= 11 is 0. The van der Waals surface area contributed by atoms with Crippen LogP contribution in [0.2, 0.25) is 0 Å². The highest BCUT2D eigenvalue weighted by molar-refractivity contribution is 6.37. The maximum absolute atomic E-state index is 14.6. The fourth-order valence-electron chi connectivity index (χ4n) is 7.38. The molecule has 46 heavy (non-hydrogen) atoms. The molecule has 1 aromatic rings. The highest BCUT2D eigenvalue weighted by Gasteiger charge is 2.51. The molecule has 1 aliphatic heterocycles. The standard InChI is InChI=1S/C34H49N5O7/c1-34(2,3)28(38-32(44)27(20-9-5-4-6-10-20)37-29(41)22-15-16-46-19-22)33(45)39-24-12-8-7-11-21(24)17-25(39)30(42)35-18-26(40)31(43)36-23-13-14-23/h15-16,19-21,23-25,27-28H,4-14,17-18H2,1-3H3,(H,35,42)(H,36,43)(H,37,41)(H,38,44)/t21?,24?,25-,27?,28+/m0/s1. The number of hydrogen-bond donors (Lipinski definition) is 4. The van der Waals surface area contributed by atoms with Gasteiger partial charge in [-0.2, -0.15) is 0 Å². The van der Waals surface area contributed by atoms with Crippen molar-refractivity contribution >= 4 is 35.3 Å². The molecule has 2 heterocycles. The first-order valence-corrected chi connectivity index (χ1v) is 17.0. The lowest BCUT2D eigenvalue weighted by Gasteiger charge is -2.40. The summed E-state index contributed by atoms with van der Waals surface area (Å²) in [4.78, 5) is 81.5. The van der Waals surface area contributed by atoms with Crippen molar-refractivity contribution in [2.45, 2.75) is 128 Å². The second kappa shape index (κ2) is 14.4. The van der Waals surface area contributed by atoms with E-state index in [0.29, 0.717) is 12.0 Å². The van der Waals surface area contributed by atoms with Gasteiger partial charge in [-0.05, 0) is 68.3 Å². The largest absolute Gasteiger partial charge is 0.472 e. The van der Waals surface area contributed by atoms with Gasteiger partial charge in [0.15, 0.2) is 0 Å². The maximum atomic E-state index is 14.6. The van der Waals surface area contributed by atoms with Crippen molar-refractivity contribution in [3.05, 3.63) is 24.2 Å². The van der Waals surface area contributed by atoms with Crippen LogP contribution in [-0.4, -0.2) is 77.0 Å². The Morgan fingerprint density at radius 1 is 0.913 bits per heavy atom. The molecule has 3 saturated carbocycles. The Bertz CT molecular complexity index is 1300. The normalized spacial score (nSPS) is 24.7. The number of nitrogens with zero attached hydrogens (tertiary/aromatic N) is 1. The van der Waals surface area contributed by atoms with E-state index in [2.05, 4.69) is 21.3 Å². The number of nitrogens with one attached hydrogen (secondary N) is 4. The zero-order valence-electron chi connectivity index (χ0n) is 27.3. The minimum absolute atomic E-state index is 0.0273. The third kappa shape index (κ3) is 7.98. The average molecular weight is 640 g/mol. The van der Waals surface area contributed by atoms with Gasteiger partial charge in [0.25, 0.3) is 11.8 Å². The molecular formula is C34H49N5O7. The Kier molecular flexibility index (Phi) is 10.5. The number of furan rings is 1. The number of amides is 5. The van der Waals surface area contributed by atoms with Gasteiger partial charge in [0.2, 0.25) is 23.5 Å². The summed E-state index contributed by atoms with van der Waals surface area (Å²) in [6, 6.07) is -1.23. The molecule has 5 atom stereocenters. The Morgan fingerprint density at radius 3 is 2.26 bits per heavy atom. The van der Waals surface area contributed by atoms with Gasteiger partial charge >= 0.3 is 0 Å². The zero-order valence-corrected chi connectivity index (χ0v) is 27.3. The molecule has 1 aromatic heterocycles. The molecule has 4 N–H and O–H groups in total. The molecule has 12 nitrogen and oxygen atoms in total. The van der Waals surface area contributed by atoms with Crippen LogP contribution < -0.4 is 21.3 Å². The molecule has 0 bridgehead atoms. The summed E-state index contributed by atoms with van der Waals surface area (Å²) in [6.45, 7) is 5.17. The molecule has 5 amide bonds. The van der Waals surface area contributed by atoms with E-state index in [1.165, 1.54) is 12.5 Å². The molecule has 0 radical (unpaired) electrons. The molecule has 0 aromatic carbocycles. The second-order valence-electron chi connectivity index (χ2n) is 14.7. The molecule has 252 valence electrons. The lowest BCUT2D eigenvalue weighted by Crippen LogP contribution is -2.62. The van der Waals surface area contributed by atoms with Crippen molar-refractivity contribution in [3.63, 3.8) is 0 Å². The van der Waals surface area contributed by atoms with Gasteiger partial charge in [-0.1, -0.05) is 52.9 Å². The van der Waals surface area contributed by atoms with Gasteiger partial charge in [-0.25, -0.2) is 0 Å². The number of Topliss-reactive ketones (excluding diaryl/α,β-unsaturated/α-hetero) is 1. The van der Waals surface area contributed by atoms with Crippen LogP contribution in [0, 0.1) is 17.3 Å². The van der Waals surface area contributed by atoms with E-state index in [1.54, 1.807) is 11.0 Å². The van der Waals surface area contributed by atoms with Crippen molar-refractivity contribution < 1.29 is 33.2 Å². The maximum Gasteiger partial charge on any atom is 0.289 e. The highest BCUT2D eigenvalue weighted by atomic mass is 16.3. The van der Waals surface area contributed by atoms with Crippen LogP contribution in [0.15, 0.2) is 23.0 Å². The summed E-state index contributed by atoms with van der Waals surface area (Å²) in [6.07, 6.45) is 13.0. The highest BCUT2D eigenvalue weighted by Crippen LogP contribution is 2.41. The Balaban J connectivity index is 1.34. The quantitative estimate of drug-likeness (QED) is 0.270. The number of hydrogen-bond acceptors (Lipinski definition) is 7. The van der Waals surface area contributed by atoms with Crippen LogP contribution in [0.25, 0.3) is 0 Å². The van der Waals surface area contributed by atoms with Crippen molar-refractivity contribution in [1.82, 2.24) is 26.2 Å². The van der Waals surface area contributed by atoms with Crippen molar-refractivity contribution in [2.24, 2.45) is 17.3 Å². The number of ketones is 1. The third-order valence-electron chi connectivity index (χ3n) is 10.1. The SMILES string of the molecule is CC(C)(C)[C@H](NC(=O)C(NC(=O)c1ccoc1)C1CCCCC1)C(=O)N1C2CCCCC2C[C@H]1C(=O)NCC(=O)C(=O)NC1CC1. The Morgan fingerprint density at radius 2 is 1.61 bits per heavy atom. The summed E-state index contributed by atoms with van der Waals surface area (Å²) in [5.41, 5.74) is -0.405. The number of carbonyl (C=O) groups is 6. The Labute approximate surface area is 270 Å². The van der Waals surface area contributed by atoms with E-state index in [0.717, 1.165) is 70.6 Å². The molecular weight excluding hydrogens is 590 g/mol. The van der Waals surface area contributed by atoms with Crippen LogP contribution in [0.3, 0.4) is 0 Å². The second-order valence-corrected chi connectivity index (χ2v) is 14.7. The minimum Gasteiger partial charge on any atom is -0.472 e. The number of rotatable bonds is 11. The summed E-state index contributed by atoms with van der Waals surface area (Å²) in [5, 5.41) is 11.2. The van der Waals surface area contributed by atoms with Crippen LogP contribution in [0.4, 0.5) is 0 Å². The minimum atomic E-state index is -0.973. The van der Waals surface area contributed by atoms with E-state index in [1.807, 2.05) is 20.8 Å². The molecule has 5 rings (SSSR count). The lowest BCUT2D eigenvalue weighted by molar-refractivity contribution is -0.147. The average Bonchev–Trinajstić information content (AvgIpc) is 3.51. The Hall–Kier alpha value is -3.70. The molecule has 3 unspecified atom stereocenters. The first-order chi connectivity index (χ1) is 21.9. The van der Waals surface area contributed by atoms with E-state index in [9.17, 15) is 28.8 Å². The van der Waals surface area contributed by atoms with Crippen molar-refractivity contribution in [3.8, 4) is 0 Å². The van der Waals surface area contributed by atoms with Crippen LogP contribution >= 0.6 is 0 Å². The van der Waals surface area contributed by atoms with E-state index < -0.39 is 59.5 Å². The van der Waals surface area contributed by atoms with Gasteiger partial charge in [0, 0.05) is 12.1 Å². The fourth-order valence-corrected chi connectivity index (χ4v) is 7.38. The molecule has 1 saturated heterocycles. The first-order valence-electron chi connectivity index (χ1n) is 17.0. The molecule has 4 aliphatic rings. The predicted molar refractivity (Wildman–Crippen MR) is 168 cm³/mol. The lowest BCUT2D eigenvalue weighted by atomic mass is 9.81. The van der Waals surface area contributed by atoms with E-state index in [-0.39, 0.29) is 29.8 Å².